The summed E-state index contributed by atoms with van der Waals surface area (Å²) in [6, 6.07) is -1.30. The maximum absolute atomic E-state index is 12.1. The summed E-state index contributed by atoms with van der Waals surface area (Å²) in [5.74, 6) is -0.985. The van der Waals surface area contributed by atoms with Crippen LogP contribution in [0.2, 0.25) is 0 Å². The lowest BCUT2D eigenvalue weighted by Crippen LogP contribution is -2.54. The van der Waals surface area contributed by atoms with Crippen LogP contribution in [0.25, 0.3) is 0 Å². The van der Waals surface area contributed by atoms with E-state index in [0.717, 1.165) is 4.57 Å². The molecule has 2 unspecified atom stereocenters. The van der Waals surface area contributed by atoms with Crippen molar-refractivity contribution < 1.29 is 14.6 Å². The molecular formula is C17H30N8O6. The van der Waals surface area contributed by atoms with Gasteiger partial charge in [-0.25, -0.2) is 4.57 Å². The molecule has 0 bridgehead atoms. The second kappa shape index (κ2) is 11.5. The van der Waals surface area contributed by atoms with Gasteiger partial charge in [-0.15, -0.1) is 0 Å². The first-order valence-electron chi connectivity index (χ1n) is 9.65. The number of imidazole rings is 1. The van der Waals surface area contributed by atoms with Gasteiger partial charge in [-0.1, -0.05) is 15.3 Å². The van der Waals surface area contributed by atoms with E-state index in [-0.39, 0.29) is 19.7 Å². The predicted octanol–water partition coefficient (Wildman–Crippen LogP) is 0.865. The molecule has 1 aromatic rings. The van der Waals surface area contributed by atoms with Crippen LogP contribution in [0.5, 0.6) is 0 Å². The molecule has 0 aromatic carbocycles. The quantitative estimate of drug-likeness (QED) is 0.153. The fraction of sp³-hybridized carbons (Fsp3) is 0.765. The van der Waals surface area contributed by atoms with Crippen LogP contribution in [-0.2, 0) is 16.2 Å². The van der Waals surface area contributed by atoms with E-state index in [1.165, 1.54) is 12.4 Å². The highest BCUT2D eigenvalue weighted by atomic mass is 16.6. The van der Waals surface area contributed by atoms with Crippen LogP contribution in [0.1, 0.15) is 34.6 Å². The van der Waals surface area contributed by atoms with Gasteiger partial charge in [-0.3, -0.25) is 9.63 Å². The summed E-state index contributed by atoms with van der Waals surface area (Å²) in [6.07, 6.45) is 2.53. The number of hydrogen-bond acceptors (Lipinski definition) is 11. The molecule has 1 aromatic heterocycles. The Balaban J connectivity index is 2.46. The summed E-state index contributed by atoms with van der Waals surface area (Å²) in [5.41, 5.74) is 1.35. The van der Waals surface area contributed by atoms with E-state index in [9.17, 15) is 24.7 Å². The third-order valence-electron chi connectivity index (χ3n) is 4.95. The molecule has 0 aliphatic rings. The largest absolute Gasteiger partial charge is 0.435 e. The standard InChI is InChI=1S/C17H30N8O6/c1-12(21-27)16(2,3)20-7-9-31-23-17(4,5)13(22-28)10-19-14(26)11-24-8-6-18-15(24)25(29)30/h6,8,12-13,20,23H,7,9-11H2,1-5H3,(H,19,26). The minimum absolute atomic E-state index is 0.0952. The smallest absolute Gasteiger partial charge is 0.390 e. The number of hydrogen-bond donors (Lipinski definition) is 3. The van der Waals surface area contributed by atoms with Crippen LogP contribution < -0.4 is 16.1 Å². The minimum Gasteiger partial charge on any atom is -0.390 e. The Bertz CT molecular complexity index is 766. The number of carbonyl (C=O) groups is 1. The first kappa shape index (κ1) is 26.2. The van der Waals surface area contributed by atoms with Crippen LogP contribution in [-0.4, -0.2) is 63.2 Å². The Kier molecular flexibility index (Phi) is 9.74. The summed E-state index contributed by atoms with van der Waals surface area (Å²) in [7, 11) is 0. The van der Waals surface area contributed by atoms with Gasteiger partial charge in [0.05, 0.1) is 12.1 Å². The van der Waals surface area contributed by atoms with Crippen LogP contribution in [0.3, 0.4) is 0 Å². The molecule has 1 rings (SSSR count). The second-order valence-corrected chi connectivity index (χ2v) is 8.14. The van der Waals surface area contributed by atoms with Crippen molar-refractivity contribution >= 4 is 11.9 Å². The van der Waals surface area contributed by atoms with Gasteiger partial charge in [0, 0.05) is 18.6 Å². The number of nitrogens with zero attached hydrogens (tertiary/aromatic N) is 5. The molecule has 0 spiro atoms. The first-order valence-corrected chi connectivity index (χ1v) is 9.65. The Morgan fingerprint density at radius 1 is 1.29 bits per heavy atom. The number of aromatic nitrogens is 2. The molecule has 0 aliphatic heterocycles. The van der Waals surface area contributed by atoms with Gasteiger partial charge in [0.15, 0.2) is 6.54 Å². The normalized spacial score (nSPS) is 14.0. The van der Waals surface area contributed by atoms with E-state index in [1.54, 1.807) is 20.8 Å². The maximum atomic E-state index is 12.1. The van der Waals surface area contributed by atoms with Crippen LogP contribution in [0.4, 0.5) is 5.95 Å². The summed E-state index contributed by atoms with van der Waals surface area (Å²) in [4.78, 5) is 53.2. The average molecular weight is 442 g/mol. The monoisotopic (exact) mass is 442 g/mol. The SMILES string of the molecule is CC(N=O)C(C)(C)NCCONC(C)(C)C(CNC(=O)Cn1ccnc1[N+](=O)[O-])N=O. The van der Waals surface area contributed by atoms with E-state index in [1.807, 2.05) is 13.8 Å². The summed E-state index contributed by atoms with van der Waals surface area (Å²) in [5, 5.41) is 22.6. The Labute approximate surface area is 179 Å². The van der Waals surface area contributed by atoms with Gasteiger partial charge >= 0.3 is 5.95 Å². The number of carbonyl (C=O) groups excluding carboxylic acids is 1. The van der Waals surface area contributed by atoms with Crippen molar-refractivity contribution in [1.82, 2.24) is 25.7 Å². The highest BCUT2D eigenvalue weighted by Crippen LogP contribution is 2.14. The summed E-state index contributed by atoms with van der Waals surface area (Å²) < 4.78 is 1.08. The molecule has 2 atom stereocenters. The zero-order chi connectivity index (χ0) is 23.7. The lowest BCUT2D eigenvalue weighted by Gasteiger charge is -2.31. The van der Waals surface area contributed by atoms with Gasteiger partial charge in [0.25, 0.3) is 5.91 Å². The first-order chi connectivity index (χ1) is 14.4. The van der Waals surface area contributed by atoms with E-state index >= 15 is 0 Å². The molecule has 0 saturated carbocycles. The lowest BCUT2D eigenvalue weighted by atomic mass is 9.96. The van der Waals surface area contributed by atoms with Crippen molar-refractivity contribution in [2.24, 2.45) is 10.4 Å². The van der Waals surface area contributed by atoms with Crippen molar-refractivity contribution in [3.8, 4) is 0 Å². The molecule has 31 heavy (non-hydrogen) atoms. The third-order valence-corrected chi connectivity index (χ3v) is 4.95. The Hall–Kier alpha value is -2.84. The zero-order valence-corrected chi connectivity index (χ0v) is 18.3. The summed E-state index contributed by atoms with van der Waals surface area (Å²) >= 11 is 0. The van der Waals surface area contributed by atoms with Gasteiger partial charge in [-0.05, 0) is 39.5 Å². The highest BCUT2D eigenvalue weighted by Gasteiger charge is 2.32. The van der Waals surface area contributed by atoms with Crippen LogP contribution >= 0.6 is 0 Å². The molecular weight excluding hydrogens is 412 g/mol. The topological polar surface area (TPSA) is 182 Å². The maximum Gasteiger partial charge on any atom is 0.435 e. The fourth-order valence-corrected chi connectivity index (χ4v) is 2.45. The fourth-order valence-electron chi connectivity index (χ4n) is 2.45. The molecule has 0 saturated heterocycles. The number of nitroso groups, excluding NO2 is 2. The van der Waals surface area contributed by atoms with Crippen molar-refractivity contribution in [3.63, 3.8) is 0 Å². The molecule has 1 heterocycles. The van der Waals surface area contributed by atoms with Crippen molar-refractivity contribution in [2.75, 3.05) is 19.7 Å². The Morgan fingerprint density at radius 2 is 1.97 bits per heavy atom. The molecule has 14 nitrogen and oxygen atoms in total. The molecule has 1 amide bonds. The third kappa shape index (κ3) is 8.07. The van der Waals surface area contributed by atoms with Crippen molar-refractivity contribution in [3.05, 3.63) is 32.3 Å². The number of hydroxylamine groups is 1. The molecule has 14 heteroatoms. The molecule has 0 radical (unpaired) electrons. The predicted molar refractivity (Wildman–Crippen MR) is 112 cm³/mol. The second-order valence-electron chi connectivity index (χ2n) is 8.14. The van der Waals surface area contributed by atoms with E-state index in [0.29, 0.717) is 6.54 Å². The minimum atomic E-state index is -0.913. The van der Waals surface area contributed by atoms with E-state index in [4.69, 9.17) is 4.84 Å². The number of nitro groups is 1. The lowest BCUT2D eigenvalue weighted by molar-refractivity contribution is -0.396. The van der Waals surface area contributed by atoms with Crippen LogP contribution in [0, 0.1) is 19.9 Å². The molecule has 0 fully saturated rings. The Morgan fingerprint density at radius 3 is 2.55 bits per heavy atom. The summed E-state index contributed by atoms with van der Waals surface area (Å²) in [6.45, 7) is 9.03. The molecule has 0 aliphatic carbocycles. The van der Waals surface area contributed by atoms with Gasteiger partial charge < -0.3 is 20.7 Å². The highest BCUT2D eigenvalue weighted by molar-refractivity contribution is 5.76. The van der Waals surface area contributed by atoms with E-state index < -0.39 is 39.9 Å². The van der Waals surface area contributed by atoms with Crippen LogP contribution in [0.15, 0.2) is 22.7 Å². The molecule has 174 valence electrons. The number of amides is 1. The van der Waals surface area contributed by atoms with Gasteiger partial charge in [0.2, 0.25) is 0 Å². The van der Waals surface area contributed by atoms with Gasteiger partial charge in [0.1, 0.15) is 24.5 Å². The van der Waals surface area contributed by atoms with E-state index in [2.05, 4.69) is 31.5 Å². The number of rotatable bonds is 15. The average Bonchev–Trinajstić information content (AvgIpc) is 3.15. The van der Waals surface area contributed by atoms with Crippen molar-refractivity contribution in [1.29, 1.82) is 0 Å². The van der Waals surface area contributed by atoms with Crippen molar-refractivity contribution in [2.45, 2.75) is 64.3 Å². The van der Waals surface area contributed by atoms with Gasteiger partial charge in [-0.2, -0.15) is 15.3 Å². The zero-order valence-electron chi connectivity index (χ0n) is 18.3. The number of nitrogens with one attached hydrogen (secondary N) is 3. The molecule has 3 N–H and O–H groups in total.